The first-order valence-corrected chi connectivity index (χ1v) is 11.8. The van der Waals surface area contributed by atoms with Crippen molar-refractivity contribution in [1.82, 2.24) is 4.31 Å². The maximum absolute atomic E-state index is 13.6. The van der Waals surface area contributed by atoms with E-state index in [9.17, 15) is 8.42 Å². The Hall–Kier alpha value is -3.61. The molecule has 0 amide bonds. The number of anilines is 1. The van der Waals surface area contributed by atoms with E-state index in [2.05, 4.69) is 5.32 Å². The normalized spacial score (nSPS) is 17.2. The van der Waals surface area contributed by atoms with Crippen LogP contribution in [-0.2, 0) is 16.6 Å². The van der Waals surface area contributed by atoms with Crippen molar-refractivity contribution in [2.75, 3.05) is 5.32 Å². The molecule has 1 aliphatic rings. The molecule has 0 fully saturated rings. The zero-order valence-electron chi connectivity index (χ0n) is 17.3. The molecular weight excluding hydrogens is 420 g/mol. The summed E-state index contributed by atoms with van der Waals surface area (Å²) in [4.78, 5) is 0.288. The highest BCUT2D eigenvalue weighted by Crippen LogP contribution is 2.39. The van der Waals surface area contributed by atoms with Crippen LogP contribution in [0.1, 0.15) is 17.3 Å². The number of para-hydroxylation sites is 2. The Kier molecular flexibility index (Phi) is 5.39. The van der Waals surface area contributed by atoms with Crippen molar-refractivity contribution in [3.63, 3.8) is 0 Å². The molecule has 1 aliphatic heterocycles. The molecule has 0 aliphatic carbocycles. The van der Waals surface area contributed by atoms with Gasteiger partial charge in [-0.25, -0.2) is 8.42 Å². The quantitative estimate of drug-likeness (QED) is 0.425. The van der Waals surface area contributed by atoms with Crippen LogP contribution < -0.4 is 10.1 Å². The maximum atomic E-state index is 13.6. The first kappa shape index (κ1) is 20.3. The van der Waals surface area contributed by atoms with E-state index in [1.165, 1.54) is 4.31 Å². The lowest BCUT2D eigenvalue weighted by atomic mass is 10.1. The molecule has 0 unspecified atom stereocenters. The third kappa shape index (κ3) is 3.98. The van der Waals surface area contributed by atoms with Gasteiger partial charge >= 0.3 is 0 Å². The Morgan fingerprint density at radius 2 is 1.31 bits per heavy atom. The lowest BCUT2D eigenvalue weighted by Gasteiger charge is -2.37. The fourth-order valence-electron chi connectivity index (χ4n) is 3.83. The van der Waals surface area contributed by atoms with Crippen molar-refractivity contribution in [3.8, 4) is 11.5 Å². The second kappa shape index (κ2) is 8.49. The number of nitrogens with one attached hydrogen (secondary N) is 1. The Labute approximate surface area is 188 Å². The topological polar surface area (TPSA) is 58.6 Å². The largest absolute Gasteiger partial charge is 0.457 e. The average Bonchev–Trinajstić information content (AvgIpc) is 2.83. The fourth-order valence-corrected chi connectivity index (χ4v) is 5.51. The highest BCUT2D eigenvalue weighted by molar-refractivity contribution is 7.89. The Morgan fingerprint density at radius 1 is 0.719 bits per heavy atom. The van der Waals surface area contributed by atoms with Crippen molar-refractivity contribution in [1.29, 1.82) is 0 Å². The van der Waals surface area contributed by atoms with Gasteiger partial charge in [-0.05, 0) is 47.5 Å². The number of nitrogens with zero attached hydrogens (tertiary/aromatic N) is 1. The second-order valence-electron chi connectivity index (χ2n) is 7.56. The third-order valence-electron chi connectivity index (χ3n) is 5.41. The molecule has 0 aromatic heterocycles. The molecule has 32 heavy (non-hydrogen) atoms. The van der Waals surface area contributed by atoms with E-state index < -0.39 is 16.2 Å². The van der Waals surface area contributed by atoms with Gasteiger partial charge in [0.15, 0.2) is 0 Å². The first-order valence-electron chi connectivity index (χ1n) is 10.4. The second-order valence-corrected chi connectivity index (χ2v) is 9.42. The van der Waals surface area contributed by atoms with Gasteiger partial charge in [0.05, 0.1) is 5.69 Å². The molecule has 160 valence electrons. The summed E-state index contributed by atoms with van der Waals surface area (Å²) >= 11 is 0. The van der Waals surface area contributed by atoms with Gasteiger partial charge < -0.3 is 10.1 Å². The van der Waals surface area contributed by atoms with Crippen LogP contribution in [-0.4, -0.2) is 12.7 Å². The SMILES string of the molecule is O=S1(=O)c2ccccc2N[C@H](c2ccc(Oc3ccccc3)cc2)N1Cc1ccccc1. The van der Waals surface area contributed by atoms with E-state index >= 15 is 0 Å². The molecule has 0 bridgehead atoms. The molecule has 0 spiro atoms. The number of hydrogen-bond donors (Lipinski definition) is 1. The smallest absolute Gasteiger partial charge is 0.247 e. The van der Waals surface area contributed by atoms with Gasteiger partial charge in [-0.15, -0.1) is 0 Å². The molecular formula is C26H22N2O3S. The summed E-state index contributed by atoms with van der Waals surface area (Å²) in [6.07, 6.45) is -0.541. The maximum Gasteiger partial charge on any atom is 0.247 e. The molecule has 1 heterocycles. The van der Waals surface area contributed by atoms with Gasteiger partial charge in [0.25, 0.3) is 0 Å². The minimum absolute atomic E-state index is 0.261. The van der Waals surface area contributed by atoms with Crippen LogP contribution in [0.4, 0.5) is 5.69 Å². The molecule has 4 aromatic carbocycles. The zero-order valence-corrected chi connectivity index (χ0v) is 18.1. The van der Waals surface area contributed by atoms with E-state index in [4.69, 9.17) is 4.74 Å². The van der Waals surface area contributed by atoms with Crippen LogP contribution in [0.25, 0.3) is 0 Å². The predicted molar refractivity (Wildman–Crippen MR) is 125 cm³/mol. The van der Waals surface area contributed by atoms with Crippen LogP contribution >= 0.6 is 0 Å². The zero-order chi connectivity index (χ0) is 22.0. The minimum Gasteiger partial charge on any atom is -0.457 e. The number of fused-ring (bicyclic) bond motifs is 1. The summed E-state index contributed by atoms with van der Waals surface area (Å²) in [5.41, 5.74) is 2.36. The minimum atomic E-state index is -3.70. The Balaban J connectivity index is 1.50. The van der Waals surface area contributed by atoms with E-state index in [0.29, 0.717) is 11.4 Å². The molecule has 0 saturated heterocycles. The van der Waals surface area contributed by atoms with Crippen molar-refractivity contribution >= 4 is 15.7 Å². The predicted octanol–water partition coefficient (Wildman–Crippen LogP) is 5.79. The number of sulfonamides is 1. The summed E-state index contributed by atoms with van der Waals surface area (Å²) in [5, 5.41) is 3.41. The summed E-state index contributed by atoms with van der Waals surface area (Å²) in [7, 11) is -3.70. The van der Waals surface area contributed by atoms with Crippen LogP contribution in [0.5, 0.6) is 11.5 Å². The molecule has 6 heteroatoms. The molecule has 0 radical (unpaired) electrons. The monoisotopic (exact) mass is 442 g/mol. The average molecular weight is 443 g/mol. The highest BCUT2D eigenvalue weighted by atomic mass is 32.2. The van der Waals surface area contributed by atoms with Crippen LogP contribution in [0, 0.1) is 0 Å². The fraction of sp³-hybridized carbons (Fsp3) is 0.0769. The van der Waals surface area contributed by atoms with Gasteiger partial charge in [0.1, 0.15) is 22.6 Å². The highest BCUT2D eigenvalue weighted by Gasteiger charge is 2.38. The summed E-state index contributed by atoms with van der Waals surface area (Å²) < 4.78 is 34.5. The van der Waals surface area contributed by atoms with Gasteiger partial charge in [-0.3, -0.25) is 0 Å². The van der Waals surface area contributed by atoms with Crippen LogP contribution in [0.15, 0.2) is 114 Å². The van der Waals surface area contributed by atoms with Crippen LogP contribution in [0.3, 0.4) is 0 Å². The van der Waals surface area contributed by atoms with Crippen molar-refractivity contribution in [2.24, 2.45) is 0 Å². The van der Waals surface area contributed by atoms with Crippen molar-refractivity contribution < 1.29 is 13.2 Å². The van der Waals surface area contributed by atoms with Crippen molar-refractivity contribution in [3.05, 3.63) is 120 Å². The number of rotatable bonds is 5. The van der Waals surface area contributed by atoms with Gasteiger partial charge in [-0.1, -0.05) is 72.8 Å². The molecule has 1 atom stereocenters. The first-order chi connectivity index (χ1) is 15.6. The Morgan fingerprint density at radius 3 is 2.03 bits per heavy atom. The molecule has 5 nitrogen and oxygen atoms in total. The van der Waals surface area contributed by atoms with E-state index in [0.717, 1.165) is 16.9 Å². The lowest BCUT2D eigenvalue weighted by molar-refractivity contribution is 0.336. The van der Waals surface area contributed by atoms with E-state index in [-0.39, 0.29) is 11.4 Å². The van der Waals surface area contributed by atoms with Gasteiger partial charge in [0.2, 0.25) is 10.0 Å². The third-order valence-corrected chi connectivity index (χ3v) is 7.28. The molecule has 5 rings (SSSR count). The number of benzene rings is 4. The van der Waals surface area contributed by atoms with E-state index in [1.54, 1.807) is 18.2 Å². The molecule has 0 saturated carbocycles. The van der Waals surface area contributed by atoms with Crippen molar-refractivity contribution in [2.45, 2.75) is 17.6 Å². The van der Waals surface area contributed by atoms with Gasteiger partial charge in [-0.2, -0.15) is 4.31 Å². The Bertz CT molecular complexity index is 1310. The summed E-state index contributed by atoms with van der Waals surface area (Å²) in [5.74, 6) is 1.44. The standard InChI is InChI=1S/C26H22N2O3S/c29-32(30)25-14-8-7-13-24(25)27-26(28(32)19-20-9-3-1-4-10-20)21-15-17-23(18-16-21)31-22-11-5-2-6-12-22/h1-18,26-27H,19H2/t26-/m0/s1. The number of hydrogen-bond acceptors (Lipinski definition) is 4. The van der Waals surface area contributed by atoms with Crippen LogP contribution in [0.2, 0.25) is 0 Å². The summed E-state index contributed by atoms with van der Waals surface area (Å²) in [6.45, 7) is 0.261. The lowest BCUT2D eigenvalue weighted by Crippen LogP contribution is -2.42. The number of ether oxygens (including phenoxy) is 1. The molecule has 4 aromatic rings. The molecule has 1 N–H and O–H groups in total. The van der Waals surface area contributed by atoms with Gasteiger partial charge in [0, 0.05) is 6.54 Å². The van der Waals surface area contributed by atoms with E-state index in [1.807, 2.05) is 91.0 Å². The summed E-state index contributed by atoms with van der Waals surface area (Å²) in [6, 6.07) is 33.7.